The fourth-order valence-electron chi connectivity index (χ4n) is 2.82. The second-order valence-corrected chi connectivity index (χ2v) is 5.59. The lowest BCUT2D eigenvalue weighted by Gasteiger charge is -2.18. The lowest BCUT2D eigenvalue weighted by atomic mass is 9.99. The van der Waals surface area contributed by atoms with Gasteiger partial charge >= 0.3 is 5.69 Å². The highest BCUT2D eigenvalue weighted by Gasteiger charge is 2.42. The van der Waals surface area contributed by atoms with Gasteiger partial charge in [0.15, 0.2) is 0 Å². The number of nitrogens with one attached hydrogen (secondary N) is 1. The topological polar surface area (TPSA) is 178 Å². The maximum Gasteiger partial charge on any atom is 0.333 e. The Morgan fingerprint density at radius 1 is 1.48 bits per heavy atom. The van der Waals surface area contributed by atoms with Gasteiger partial charge in [-0.15, -0.1) is 0 Å². The number of nitrogens with zero attached hydrogens (tertiary/aromatic N) is 2. The number of aliphatic hydroxyl groups excluding tert-OH is 2. The van der Waals surface area contributed by atoms with E-state index < -0.39 is 29.1 Å². The zero-order valence-electron chi connectivity index (χ0n) is 12.3. The highest BCUT2D eigenvalue weighted by Crippen LogP contribution is 2.35. The average molecular weight is 325 g/mol. The molecule has 1 heterocycles. The van der Waals surface area contributed by atoms with E-state index in [0.717, 1.165) is 0 Å². The number of hydrogen-bond donors (Lipinski definition) is 5. The summed E-state index contributed by atoms with van der Waals surface area (Å²) in [6, 6.07) is 0.662. The van der Waals surface area contributed by atoms with Gasteiger partial charge in [-0.2, -0.15) is 0 Å². The van der Waals surface area contributed by atoms with Crippen molar-refractivity contribution in [3.8, 4) is 0 Å². The Bertz CT molecular complexity index is 610. The molecule has 1 aliphatic carbocycles. The third kappa shape index (κ3) is 3.66. The highest BCUT2D eigenvalue weighted by molar-refractivity contribution is 5.73. The molecule has 0 radical (unpaired) electrons. The average Bonchev–Trinajstić information content (AvgIpc) is 2.73. The van der Waals surface area contributed by atoms with Gasteiger partial charge in [-0.3, -0.25) is 14.9 Å². The first kappa shape index (κ1) is 16.9. The smallest absolute Gasteiger partial charge is 0.333 e. The van der Waals surface area contributed by atoms with Crippen LogP contribution >= 0.6 is 0 Å². The van der Waals surface area contributed by atoms with Gasteiger partial charge in [-0.25, -0.2) is 4.98 Å². The van der Waals surface area contributed by atoms with Crippen LogP contribution in [0.1, 0.15) is 19.3 Å². The van der Waals surface area contributed by atoms with E-state index in [9.17, 15) is 25.1 Å². The second-order valence-electron chi connectivity index (χ2n) is 5.59. The molecule has 1 aromatic heterocycles. The van der Waals surface area contributed by atoms with Crippen molar-refractivity contribution in [3.63, 3.8) is 0 Å². The summed E-state index contributed by atoms with van der Waals surface area (Å²) in [4.78, 5) is 25.1. The largest absolute Gasteiger partial charge is 0.393 e. The van der Waals surface area contributed by atoms with Crippen molar-refractivity contribution in [3.05, 3.63) is 22.4 Å². The molecular formula is C13H19N5O5. The van der Waals surface area contributed by atoms with Crippen molar-refractivity contribution in [1.29, 1.82) is 0 Å². The molecule has 23 heavy (non-hydrogen) atoms. The van der Waals surface area contributed by atoms with Crippen LogP contribution in [0.4, 0.5) is 17.2 Å². The summed E-state index contributed by atoms with van der Waals surface area (Å²) in [7, 11) is 0. The SMILES string of the molecule is NC(=O)CCC1CC(Nc2nccc(N)c2[N+](=O)[O-])C(O)C1O. The van der Waals surface area contributed by atoms with E-state index in [1.54, 1.807) is 0 Å². The zero-order valence-corrected chi connectivity index (χ0v) is 12.3. The van der Waals surface area contributed by atoms with E-state index in [4.69, 9.17) is 11.5 Å². The molecule has 0 saturated heterocycles. The molecule has 2 rings (SSSR count). The zero-order chi connectivity index (χ0) is 17.1. The molecule has 10 heteroatoms. The molecule has 4 atom stereocenters. The van der Waals surface area contributed by atoms with Crippen LogP contribution in [0.2, 0.25) is 0 Å². The van der Waals surface area contributed by atoms with Crippen molar-refractivity contribution in [2.45, 2.75) is 37.5 Å². The number of carbonyl (C=O) groups excluding carboxylic acids is 1. The number of aromatic nitrogens is 1. The van der Waals surface area contributed by atoms with Crippen molar-refractivity contribution >= 4 is 23.1 Å². The summed E-state index contributed by atoms with van der Waals surface area (Å²) in [6.07, 6.45) is -0.130. The van der Waals surface area contributed by atoms with E-state index in [0.29, 0.717) is 12.8 Å². The van der Waals surface area contributed by atoms with Crippen molar-refractivity contribution in [2.75, 3.05) is 11.1 Å². The number of primary amides is 1. The minimum Gasteiger partial charge on any atom is -0.393 e. The number of aliphatic hydroxyl groups is 2. The van der Waals surface area contributed by atoms with Gasteiger partial charge in [0.25, 0.3) is 0 Å². The van der Waals surface area contributed by atoms with Gasteiger partial charge in [0, 0.05) is 12.6 Å². The fraction of sp³-hybridized carbons (Fsp3) is 0.538. The molecule has 1 fully saturated rings. The maximum absolute atomic E-state index is 11.1. The molecule has 10 nitrogen and oxygen atoms in total. The molecule has 126 valence electrons. The molecule has 0 aliphatic heterocycles. The summed E-state index contributed by atoms with van der Waals surface area (Å²) in [5.41, 5.74) is 10.2. The quantitative estimate of drug-likeness (QED) is 0.338. The number of rotatable bonds is 6. The number of nitrogens with two attached hydrogens (primary N) is 2. The number of nitrogen functional groups attached to an aromatic ring is 1. The second kappa shape index (κ2) is 6.75. The Morgan fingerprint density at radius 2 is 2.17 bits per heavy atom. The molecule has 1 saturated carbocycles. The predicted octanol–water partition coefficient (Wildman–Crippen LogP) is -0.640. The van der Waals surface area contributed by atoms with Crippen molar-refractivity contribution in [1.82, 2.24) is 4.98 Å². The van der Waals surface area contributed by atoms with Crippen molar-refractivity contribution in [2.24, 2.45) is 11.7 Å². The lowest BCUT2D eigenvalue weighted by Crippen LogP contribution is -2.35. The number of carbonyl (C=O) groups is 1. The first-order valence-electron chi connectivity index (χ1n) is 7.11. The summed E-state index contributed by atoms with van der Waals surface area (Å²) >= 11 is 0. The van der Waals surface area contributed by atoms with E-state index in [2.05, 4.69) is 10.3 Å². The lowest BCUT2D eigenvalue weighted by molar-refractivity contribution is -0.383. The maximum atomic E-state index is 11.1. The first-order valence-corrected chi connectivity index (χ1v) is 7.11. The van der Waals surface area contributed by atoms with Gasteiger partial charge < -0.3 is 27.0 Å². The van der Waals surface area contributed by atoms with E-state index in [1.807, 2.05) is 0 Å². The van der Waals surface area contributed by atoms with Crippen LogP contribution < -0.4 is 16.8 Å². The molecule has 1 aromatic rings. The number of amides is 1. The number of anilines is 2. The van der Waals surface area contributed by atoms with Gasteiger partial charge in [0.1, 0.15) is 11.8 Å². The standard InChI is InChI=1S/C13H19N5O5/c14-7-3-4-16-13(10(7)18(22)23)17-8-5-6(1-2-9(15)19)11(20)12(8)21/h3-4,6,8,11-12,20-21H,1-2,5H2,(H2,15,19)(H3,14,16,17). The van der Waals surface area contributed by atoms with E-state index in [1.165, 1.54) is 12.3 Å². The third-order valence-corrected chi connectivity index (χ3v) is 4.02. The number of hydrogen-bond acceptors (Lipinski definition) is 8. The fourth-order valence-corrected chi connectivity index (χ4v) is 2.82. The van der Waals surface area contributed by atoms with Crippen LogP contribution in [0, 0.1) is 16.0 Å². The Morgan fingerprint density at radius 3 is 2.78 bits per heavy atom. The summed E-state index contributed by atoms with van der Waals surface area (Å²) in [6.45, 7) is 0. The minimum atomic E-state index is -1.14. The van der Waals surface area contributed by atoms with Crippen LogP contribution in [0.3, 0.4) is 0 Å². The summed E-state index contributed by atoms with van der Waals surface area (Å²) < 4.78 is 0. The van der Waals surface area contributed by atoms with Gasteiger partial charge in [-0.1, -0.05) is 0 Å². The Balaban J connectivity index is 2.13. The third-order valence-electron chi connectivity index (χ3n) is 4.02. The minimum absolute atomic E-state index is 0.0502. The van der Waals surface area contributed by atoms with Crippen LogP contribution in [0.15, 0.2) is 12.3 Å². The highest BCUT2D eigenvalue weighted by atomic mass is 16.6. The Kier molecular flexibility index (Phi) is 4.96. The van der Waals surface area contributed by atoms with Crippen LogP contribution in [0.5, 0.6) is 0 Å². The van der Waals surface area contributed by atoms with Crippen LogP contribution in [-0.2, 0) is 4.79 Å². The molecular weight excluding hydrogens is 306 g/mol. The van der Waals surface area contributed by atoms with Crippen LogP contribution in [-0.4, -0.2) is 44.3 Å². The number of pyridine rings is 1. The van der Waals surface area contributed by atoms with Crippen molar-refractivity contribution < 1.29 is 19.9 Å². The first-order chi connectivity index (χ1) is 10.8. The molecule has 0 spiro atoms. The predicted molar refractivity (Wildman–Crippen MR) is 81.3 cm³/mol. The van der Waals surface area contributed by atoms with E-state index in [-0.39, 0.29) is 29.5 Å². The number of nitro groups is 1. The molecule has 4 unspecified atom stereocenters. The molecule has 0 bridgehead atoms. The normalized spacial score (nSPS) is 26.9. The van der Waals surface area contributed by atoms with Gasteiger partial charge in [0.05, 0.1) is 17.1 Å². The van der Waals surface area contributed by atoms with Gasteiger partial charge in [0.2, 0.25) is 11.7 Å². The van der Waals surface area contributed by atoms with Gasteiger partial charge in [-0.05, 0) is 24.8 Å². The summed E-state index contributed by atoms with van der Waals surface area (Å²) in [5.74, 6) is -0.895. The molecule has 1 amide bonds. The Hall–Kier alpha value is -2.46. The van der Waals surface area contributed by atoms with E-state index >= 15 is 0 Å². The molecule has 7 N–H and O–H groups in total. The Labute approximate surface area is 131 Å². The molecule has 0 aromatic carbocycles. The monoisotopic (exact) mass is 325 g/mol. The summed E-state index contributed by atoms with van der Waals surface area (Å²) in [5, 5.41) is 34.0. The molecule has 1 aliphatic rings. The van der Waals surface area contributed by atoms with Crippen LogP contribution in [0.25, 0.3) is 0 Å².